The third-order valence-electron chi connectivity index (χ3n) is 3.10. The number of nitro groups is 1. The van der Waals surface area contributed by atoms with Crippen molar-refractivity contribution in [2.45, 2.75) is 0 Å². The van der Waals surface area contributed by atoms with Crippen molar-refractivity contribution in [1.29, 1.82) is 0 Å². The topological polar surface area (TPSA) is 98.0 Å². The summed E-state index contributed by atoms with van der Waals surface area (Å²) in [6.07, 6.45) is 1.44. The third-order valence-corrected chi connectivity index (χ3v) is 3.30. The van der Waals surface area contributed by atoms with E-state index >= 15 is 0 Å². The van der Waals surface area contributed by atoms with Crippen LogP contribution in [0.2, 0.25) is 0 Å². The molecule has 130 valence electrons. The van der Waals surface area contributed by atoms with Crippen LogP contribution in [0, 0.1) is 10.1 Å². The van der Waals surface area contributed by atoms with Gasteiger partial charge in [0.1, 0.15) is 0 Å². The number of rotatable bonds is 6. The predicted octanol–water partition coefficient (Wildman–Crippen LogP) is 2.93. The van der Waals surface area contributed by atoms with Crippen LogP contribution in [0.15, 0.2) is 47.6 Å². The standard InChI is InChI=1S/C16H16N4O4S/c1-23-14-7-6-12(9-15(14)24-2)18-16(25)19-17-10-11-4-3-5-13(8-11)20(21)22/h3-10H,1-2H3,(H2,18,19,25)/b17-10-. The number of ether oxygens (including phenoxy) is 2. The van der Waals surface area contributed by atoms with E-state index in [9.17, 15) is 10.1 Å². The third kappa shape index (κ3) is 5.15. The Kier molecular flexibility index (Phi) is 6.24. The minimum atomic E-state index is -0.464. The fourth-order valence-corrected chi connectivity index (χ4v) is 2.13. The highest BCUT2D eigenvalue weighted by molar-refractivity contribution is 7.80. The van der Waals surface area contributed by atoms with Crippen molar-refractivity contribution in [3.05, 3.63) is 58.1 Å². The van der Waals surface area contributed by atoms with Gasteiger partial charge in [0.15, 0.2) is 16.6 Å². The number of nitrogens with one attached hydrogen (secondary N) is 2. The van der Waals surface area contributed by atoms with Gasteiger partial charge in [0.2, 0.25) is 0 Å². The van der Waals surface area contributed by atoms with Crippen LogP contribution in [-0.2, 0) is 0 Å². The molecule has 2 aromatic rings. The van der Waals surface area contributed by atoms with Crippen molar-refractivity contribution in [2.75, 3.05) is 19.5 Å². The molecule has 0 unspecified atom stereocenters. The summed E-state index contributed by atoms with van der Waals surface area (Å²) in [5.41, 5.74) is 3.91. The molecule has 0 saturated carbocycles. The maximum absolute atomic E-state index is 10.7. The fraction of sp³-hybridized carbons (Fsp3) is 0.125. The SMILES string of the molecule is COc1ccc(NC(=S)N/N=C\c2cccc([N+](=O)[O-])c2)cc1OC. The summed E-state index contributed by atoms with van der Waals surface area (Å²) < 4.78 is 10.4. The monoisotopic (exact) mass is 360 g/mol. The normalized spacial score (nSPS) is 10.3. The Bertz CT molecular complexity index is 810. The van der Waals surface area contributed by atoms with Crippen LogP contribution in [0.25, 0.3) is 0 Å². The Morgan fingerprint density at radius 3 is 2.64 bits per heavy atom. The average Bonchev–Trinajstić information content (AvgIpc) is 2.61. The lowest BCUT2D eigenvalue weighted by Gasteiger charge is -2.11. The Morgan fingerprint density at radius 2 is 1.96 bits per heavy atom. The average molecular weight is 360 g/mol. The van der Waals surface area contributed by atoms with Crippen LogP contribution in [0.5, 0.6) is 11.5 Å². The lowest BCUT2D eigenvalue weighted by Crippen LogP contribution is -2.23. The summed E-state index contributed by atoms with van der Waals surface area (Å²) in [6, 6.07) is 11.4. The van der Waals surface area contributed by atoms with Gasteiger partial charge in [-0.3, -0.25) is 15.5 Å². The number of hydrogen-bond acceptors (Lipinski definition) is 6. The molecule has 0 aromatic heterocycles. The highest BCUT2D eigenvalue weighted by Crippen LogP contribution is 2.29. The Hall–Kier alpha value is -3.20. The largest absolute Gasteiger partial charge is 0.493 e. The van der Waals surface area contributed by atoms with Gasteiger partial charge >= 0.3 is 0 Å². The summed E-state index contributed by atoms with van der Waals surface area (Å²) in [4.78, 5) is 10.3. The van der Waals surface area contributed by atoms with Gasteiger partial charge in [-0.15, -0.1) is 0 Å². The van der Waals surface area contributed by atoms with E-state index in [0.29, 0.717) is 22.7 Å². The molecule has 2 aromatic carbocycles. The molecule has 0 fully saturated rings. The van der Waals surface area contributed by atoms with E-state index in [1.165, 1.54) is 18.3 Å². The fourth-order valence-electron chi connectivity index (χ4n) is 1.96. The summed E-state index contributed by atoms with van der Waals surface area (Å²) in [6.45, 7) is 0. The maximum atomic E-state index is 10.7. The van der Waals surface area contributed by atoms with E-state index in [2.05, 4.69) is 15.8 Å². The molecule has 0 atom stereocenters. The number of nitro benzene ring substituents is 1. The van der Waals surface area contributed by atoms with Gasteiger partial charge < -0.3 is 14.8 Å². The Balaban J connectivity index is 1.96. The van der Waals surface area contributed by atoms with Gasteiger partial charge in [-0.05, 0) is 24.4 Å². The molecule has 25 heavy (non-hydrogen) atoms. The van der Waals surface area contributed by atoms with E-state index < -0.39 is 4.92 Å². The van der Waals surface area contributed by atoms with Gasteiger partial charge in [0, 0.05) is 29.4 Å². The number of nitrogens with zero attached hydrogens (tertiary/aromatic N) is 2. The van der Waals surface area contributed by atoms with Crippen LogP contribution >= 0.6 is 12.2 Å². The lowest BCUT2D eigenvalue weighted by atomic mass is 10.2. The molecule has 2 N–H and O–H groups in total. The highest BCUT2D eigenvalue weighted by atomic mass is 32.1. The van der Waals surface area contributed by atoms with Gasteiger partial charge in [-0.25, -0.2) is 0 Å². The van der Waals surface area contributed by atoms with Gasteiger partial charge in [0.05, 0.1) is 25.4 Å². The van der Waals surface area contributed by atoms with E-state index in [1.54, 1.807) is 44.6 Å². The number of non-ortho nitro benzene ring substituents is 1. The molecule has 0 aliphatic rings. The maximum Gasteiger partial charge on any atom is 0.270 e. The van der Waals surface area contributed by atoms with Crippen molar-refractivity contribution < 1.29 is 14.4 Å². The minimum absolute atomic E-state index is 0.00465. The zero-order valence-electron chi connectivity index (χ0n) is 13.6. The molecule has 0 aliphatic heterocycles. The summed E-state index contributed by atoms with van der Waals surface area (Å²) in [7, 11) is 3.10. The number of hydrogen-bond donors (Lipinski definition) is 2. The zero-order chi connectivity index (χ0) is 18.2. The molecule has 0 heterocycles. The first-order chi connectivity index (χ1) is 12.0. The second kappa shape index (κ2) is 8.60. The van der Waals surface area contributed by atoms with Gasteiger partial charge in [-0.2, -0.15) is 5.10 Å². The summed E-state index contributed by atoms with van der Waals surface area (Å²) in [5.74, 6) is 1.17. The molecule has 0 radical (unpaired) electrons. The number of thiocarbonyl (C=S) groups is 1. The van der Waals surface area contributed by atoms with Crippen molar-refractivity contribution in [3.8, 4) is 11.5 Å². The first-order valence-electron chi connectivity index (χ1n) is 7.10. The molecule has 0 spiro atoms. The number of hydrazone groups is 1. The lowest BCUT2D eigenvalue weighted by molar-refractivity contribution is -0.384. The number of anilines is 1. The van der Waals surface area contributed by atoms with Crippen LogP contribution in [0.4, 0.5) is 11.4 Å². The summed E-state index contributed by atoms with van der Waals surface area (Å²) in [5, 5.41) is 17.9. The van der Waals surface area contributed by atoms with Crippen molar-refractivity contribution in [3.63, 3.8) is 0 Å². The molecule has 2 rings (SSSR count). The van der Waals surface area contributed by atoms with E-state index in [4.69, 9.17) is 21.7 Å². The molecule has 0 saturated heterocycles. The molecule has 0 aliphatic carbocycles. The zero-order valence-corrected chi connectivity index (χ0v) is 14.4. The Morgan fingerprint density at radius 1 is 1.20 bits per heavy atom. The predicted molar refractivity (Wildman–Crippen MR) is 99.6 cm³/mol. The summed E-state index contributed by atoms with van der Waals surface area (Å²) >= 11 is 5.14. The van der Waals surface area contributed by atoms with E-state index in [1.807, 2.05) is 0 Å². The van der Waals surface area contributed by atoms with Crippen LogP contribution in [-0.4, -0.2) is 30.5 Å². The van der Waals surface area contributed by atoms with Crippen LogP contribution in [0.3, 0.4) is 0 Å². The molecule has 0 amide bonds. The molecular weight excluding hydrogens is 344 g/mol. The highest BCUT2D eigenvalue weighted by Gasteiger charge is 2.06. The Labute approximate surface area is 149 Å². The molecule has 9 heteroatoms. The van der Waals surface area contributed by atoms with E-state index in [0.717, 1.165) is 0 Å². The van der Waals surface area contributed by atoms with Crippen LogP contribution < -0.4 is 20.2 Å². The second-order valence-corrected chi connectivity index (χ2v) is 5.15. The van der Waals surface area contributed by atoms with E-state index in [-0.39, 0.29) is 10.8 Å². The molecule has 0 bridgehead atoms. The smallest absolute Gasteiger partial charge is 0.270 e. The van der Waals surface area contributed by atoms with Crippen LogP contribution in [0.1, 0.15) is 5.56 Å². The molecular formula is C16H16N4O4S. The first-order valence-corrected chi connectivity index (χ1v) is 7.51. The van der Waals surface area contributed by atoms with Crippen molar-refractivity contribution >= 4 is 34.9 Å². The van der Waals surface area contributed by atoms with Crippen molar-refractivity contribution in [2.24, 2.45) is 5.10 Å². The van der Waals surface area contributed by atoms with Gasteiger partial charge in [-0.1, -0.05) is 12.1 Å². The van der Waals surface area contributed by atoms with Crippen molar-refractivity contribution in [1.82, 2.24) is 5.43 Å². The quantitative estimate of drug-likeness (QED) is 0.354. The number of benzene rings is 2. The second-order valence-electron chi connectivity index (χ2n) is 4.75. The molecule has 8 nitrogen and oxygen atoms in total. The number of methoxy groups -OCH3 is 2. The first kappa shape index (κ1) is 18.1. The van der Waals surface area contributed by atoms with Gasteiger partial charge in [0.25, 0.3) is 5.69 Å². The minimum Gasteiger partial charge on any atom is -0.493 e.